The number of anilines is 2. The first kappa shape index (κ1) is 25.0. The number of thiazole rings is 1. The molecule has 1 aliphatic rings. The molecule has 1 saturated heterocycles. The summed E-state index contributed by atoms with van der Waals surface area (Å²) in [5.74, 6) is -0.405. The highest BCUT2D eigenvalue weighted by molar-refractivity contribution is 7.13. The van der Waals surface area contributed by atoms with Gasteiger partial charge in [0.05, 0.1) is 12.2 Å². The first-order chi connectivity index (χ1) is 15.3. The lowest BCUT2D eigenvalue weighted by molar-refractivity contribution is -0.125. The predicted octanol–water partition coefficient (Wildman–Crippen LogP) is 4.92. The lowest BCUT2D eigenvalue weighted by Crippen LogP contribution is -2.50. The third-order valence-electron chi connectivity index (χ3n) is 5.09. The Kier molecular flexibility index (Phi) is 7.31. The minimum atomic E-state index is -0.592. The second-order valence-corrected chi connectivity index (χ2v) is 11.0. The summed E-state index contributed by atoms with van der Waals surface area (Å²) in [6.45, 7) is 13.9. The van der Waals surface area contributed by atoms with E-state index >= 15 is 0 Å². The van der Waals surface area contributed by atoms with Crippen molar-refractivity contribution in [3.8, 4) is 0 Å². The van der Waals surface area contributed by atoms with Crippen LogP contribution in [0, 0.1) is 11.2 Å². The van der Waals surface area contributed by atoms with Gasteiger partial charge >= 0.3 is 6.09 Å². The van der Waals surface area contributed by atoms with E-state index in [0.29, 0.717) is 38.4 Å². The largest absolute Gasteiger partial charge is 0.444 e. The molecule has 3 rings (SSSR count). The number of carbonyl (C=O) groups excluding carboxylic acids is 2. The fourth-order valence-corrected chi connectivity index (χ4v) is 4.26. The number of hydrogen-bond donors (Lipinski definition) is 0. The van der Waals surface area contributed by atoms with Gasteiger partial charge in [-0.3, -0.25) is 4.79 Å². The lowest BCUT2D eigenvalue weighted by Gasteiger charge is -2.35. The van der Waals surface area contributed by atoms with E-state index < -0.39 is 11.0 Å². The lowest BCUT2D eigenvalue weighted by atomic mass is 9.94. The minimum absolute atomic E-state index is 0.0605. The molecule has 2 aromatic rings. The summed E-state index contributed by atoms with van der Waals surface area (Å²) in [5, 5.41) is 2.80. The summed E-state index contributed by atoms with van der Waals surface area (Å²) in [6.07, 6.45) is -0.294. The van der Waals surface area contributed by atoms with Crippen molar-refractivity contribution in [2.75, 3.05) is 36.0 Å². The molecule has 7 nitrogen and oxygen atoms in total. The topological polar surface area (TPSA) is 66.0 Å². The van der Waals surface area contributed by atoms with Gasteiger partial charge in [0.1, 0.15) is 11.4 Å². The molecule has 1 aliphatic heterocycles. The van der Waals surface area contributed by atoms with Crippen molar-refractivity contribution in [1.29, 1.82) is 0 Å². The Morgan fingerprint density at radius 2 is 1.67 bits per heavy atom. The Morgan fingerprint density at radius 1 is 1.06 bits per heavy atom. The average molecular weight is 477 g/mol. The Bertz CT molecular complexity index is 971. The van der Waals surface area contributed by atoms with Crippen LogP contribution in [0.25, 0.3) is 0 Å². The number of hydrogen-bond acceptors (Lipinski definition) is 6. The zero-order chi connectivity index (χ0) is 24.4. The molecule has 0 bridgehead atoms. The highest BCUT2D eigenvalue weighted by Crippen LogP contribution is 2.28. The molecule has 0 N–H and O–H groups in total. The van der Waals surface area contributed by atoms with Crippen LogP contribution < -0.4 is 9.80 Å². The molecule has 9 heteroatoms. The molecular formula is C24H33FN4O3S. The Hall–Kier alpha value is -2.68. The first-order valence-electron chi connectivity index (χ1n) is 11.1. The second kappa shape index (κ2) is 9.67. The average Bonchev–Trinajstić information content (AvgIpc) is 3.19. The van der Waals surface area contributed by atoms with E-state index in [0.717, 1.165) is 10.8 Å². The van der Waals surface area contributed by atoms with Crippen LogP contribution in [-0.4, -0.2) is 53.7 Å². The van der Waals surface area contributed by atoms with E-state index in [1.807, 2.05) is 46.9 Å². The number of ether oxygens (including phenoxy) is 1. The number of amides is 2. The van der Waals surface area contributed by atoms with Gasteiger partial charge in [-0.25, -0.2) is 14.2 Å². The van der Waals surface area contributed by atoms with Gasteiger partial charge in [-0.1, -0.05) is 20.8 Å². The Morgan fingerprint density at radius 3 is 2.21 bits per heavy atom. The summed E-state index contributed by atoms with van der Waals surface area (Å²) in [4.78, 5) is 35.7. The number of piperazine rings is 1. The van der Waals surface area contributed by atoms with E-state index in [2.05, 4.69) is 4.90 Å². The fraction of sp³-hybridized carbons (Fsp3) is 0.542. The molecule has 0 atom stereocenters. The monoisotopic (exact) mass is 476 g/mol. The summed E-state index contributed by atoms with van der Waals surface area (Å²) >= 11 is 1.52. The van der Waals surface area contributed by atoms with Gasteiger partial charge in [-0.15, -0.1) is 11.3 Å². The standard InChI is InChI=1S/C24H33FN4O3S/c1-23(2,3)20(30)29(19-9-7-17(25)8-10-19)15-18-16-33-21(26-18)27-11-13-28(14-12-27)22(31)32-24(4,5)6/h7-10,16H,11-15H2,1-6H3. The first-order valence-corrected chi connectivity index (χ1v) is 12.0. The number of nitrogens with zero attached hydrogens (tertiary/aromatic N) is 4. The molecule has 180 valence electrons. The van der Waals surface area contributed by atoms with Gasteiger partial charge in [0, 0.05) is 42.7 Å². The fourth-order valence-electron chi connectivity index (χ4n) is 3.39. The molecule has 0 saturated carbocycles. The minimum Gasteiger partial charge on any atom is -0.444 e. The van der Waals surface area contributed by atoms with Crippen LogP contribution in [0.3, 0.4) is 0 Å². The molecule has 0 aliphatic carbocycles. The maximum atomic E-state index is 13.4. The number of halogens is 1. The van der Waals surface area contributed by atoms with Crippen molar-refractivity contribution in [2.45, 2.75) is 53.7 Å². The molecule has 2 heterocycles. The maximum absolute atomic E-state index is 13.4. The summed E-state index contributed by atoms with van der Waals surface area (Å²) in [7, 11) is 0. The van der Waals surface area contributed by atoms with Crippen LogP contribution in [0.1, 0.15) is 47.2 Å². The zero-order valence-corrected chi connectivity index (χ0v) is 21.0. The van der Waals surface area contributed by atoms with Gasteiger partial charge in [-0.2, -0.15) is 0 Å². The third-order valence-corrected chi connectivity index (χ3v) is 6.04. The molecule has 0 spiro atoms. The van der Waals surface area contributed by atoms with Crippen LogP contribution in [0.4, 0.5) is 20.0 Å². The highest BCUT2D eigenvalue weighted by Gasteiger charge is 2.30. The molecule has 0 radical (unpaired) electrons. The summed E-state index contributed by atoms with van der Waals surface area (Å²) in [6, 6.07) is 5.94. The maximum Gasteiger partial charge on any atom is 0.410 e. The normalized spacial score (nSPS) is 14.9. The van der Waals surface area contributed by atoms with Crippen molar-refractivity contribution in [2.24, 2.45) is 5.41 Å². The van der Waals surface area contributed by atoms with Crippen LogP contribution in [-0.2, 0) is 16.1 Å². The Labute approximate surface area is 199 Å². The van der Waals surface area contributed by atoms with Crippen LogP contribution in [0.2, 0.25) is 0 Å². The van der Waals surface area contributed by atoms with Crippen LogP contribution in [0.5, 0.6) is 0 Å². The van der Waals surface area contributed by atoms with Gasteiger partial charge in [-0.05, 0) is 45.0 Å². The van der Waals surface area contributed by atoms with Gasteiger partial charge in [0.25, 0.3) is 0 Å². The molecule has 0 unspecified atom stereocenters. The van der Waals surface area contributed by atoms with Gasteiger partial charge in [0.2, 0.25) is 5.91 Å². The number of aromatic nitrogens is 1. The number of carbonyl (C=O) groups is 2. The van der Waals surface area contributed by atoms with E-state index in [9.17, 15) is 14.0 Å². The van der Waals surface area contributed by atoms with Crippen molar-refractivity contribution < 1.29 is 18.7 Å². The molecule has 2 amide bonds. The van der Waals surface area contributed by atoms with Crippen LogP contribution >= 0.6 is 11.3 Å². The molecule has 33 heavy (non-hydrogen) atoms. The van der Waals surface area contributed by atoms with Crippen molar-refractivity contribution in [1.82, 2.24) is 9.88 Å². The van der Waals surface area contributed by atoms with E-state index in [1.165, 1.54) is 23.5 Å². The summed E-state index contributed by atoms with van der Waals surface area (Å²) < 4.78 is 18.9. The number of benzene rings is 1. The van der Waals surface area contributed by atoms with E-state index in [-0.39, 0.29) is 17.8 Å². The molecule has 1 fully saturated rings. The van der Waals surface area contributed by atoms with Crippen LogP contribution in [0.15, 0.2) is 29.6 Å². The van der Waals surface area contributed by atoms with Crippen molar-refractivity contribution >= 4 is 34.2 Å². The Balaban J connectivity index is 1.68. The second-order valence-electron chi connectivity index (χ2n) is 10.2. The number of rotatable bonds is 4. The molecule has 1 aromatic heterocycles. The molecule has 1 aromatic carbocycles. The molecular weight excluding hydrogens is 443 g/mol. The summed E-state index contributed by atoms with van der Waals surface area (Å²) in [5.41, 5.74) is 0.299. The van der Waals surface area contributed by atoms with Crippen molar-refractivity contribution in [3.05, 3.63) is 41.2 Å². The zero-order valence-electron chi connectivity index (χ0n) is 20.2. The highest BCUT2D eigenvalue weighted by atomic mass is 32.1. The third kappa shape index (κ3) is 6.66. The quantitative estimate of drug-likeness (QED) is 0.627. The predicted molar refractivity (Wildman–Crippen MR) is 129 cm³/mol. The SMILES string of the molecule is CC(C)(C)OC(=O)N1CCN(c2nc(CN(C(=O)C(C)(C)C)c3ccc(F)cc3)cs2)CC1. The van der Waals surface area contributed by atoms with E-state index in [4.69, 9.17) is 9.72 Å². The van der Waals surface area contributed by atoms with Gasteiger partial charge < -0.3 is 19.4 Å². The van der Waals surface area contributed by atoms with Gasteiger partial charge in [0.15, 0.2) is 5.13 Å². The smallest absolute Gasteiger partial charge is 0.410 e. The van der Waals surface area contributed by atoms with Crippen molar-refractivity contribution in [3.63, 3.8) is 0 Å². The van der Waals surface area contributed by atoms with E-state index in [1.54, 1.807) is 21.9 Å².